The summed E-state index contributed by atoms with van der Waals surface area (Å²) >= 11 is 0. The number of aromatic nitrogens is 1. The quantitative estimate of drug-likeness (QED) is 0.785. The van der Waals surface area contributed by atoms with E-state index in [9.17, 15) is 4.79 Å². The van der Waals surface area contributed by atoms with Crippen LogP contribution < -0.4 is 5.32 Å². The Morgan fingerprint density at radius 2 is 1.83 bits per heavy atom. The molecule has 4 heteroatoms. The van der Waals surface area contributed by atoms with Gasteiger partial charge in [-0.2, -0.15) is 0 Å². The molecule has 3 aromatic rings. The van der Waals surface area contributed by atoms with Crippen LogP contribution in [0.1, 0.15) is 24.2 Å². The molecular weight excluding hydrogens is 298 g/mol. The lowest BCUT2D eigenvalue weighted by Crippen LogP contribution is -2.38. The third kappa shape index (κ3) is 3.71. The van der Waals surface area contributed by atoms with Gasteiger partial charge in [-0.1, -0.05) is 42.5 Å². The lowest BCUT2D eigenvalue weighted by molar-refractivity contribution is 0.203. The van der Waals surface area contributed by atoms with Gasteiger partial charge in [-0.15, -0.1) is 0 Å². The van der Waals surface area contributed by atoms with Gasteiger partial charge >= 0.3 is 6.03 Å². The van der Waals surface area contributed by atoms with Crippen molar-refractivity contribution in [2.45, 2.75) is 19.5 Å². The third-order valence-corrected chi connectivity index (χ3v) is 4.09. The maximum absolute atomic E-state index is 12.4. The standard InChI is InChI=1S/C20H21N3O/c1-15(17-11-10-16-7-3-4-8-18(16)13-17)22-20(24)23(2)14-19-9-5-6-12-21-19/h3-13,15H,14H2,1-2H3,(H,22,24). The van der Waals surface area contributed by atoms with Crippen molar-refractivity contribution in [1.82, 2.24) is 15.2 Å². The summed E-state index contributed by atoms with van der Waals surface area (Å²) in [7, 11) is 1.77. The Morgan fingerprint density at radius 3 is 2.58 bits per heavy atom. The van der Waals surface area contributed by atoms with E-state index >= 15 is 0 Å². The van der Waals surface area contributed by atoms with Gasteiger partial charge in [0.25, 0.3) is 0 Å². The normalized spacial score (nSPS) is 11.9. The van der Waals surface area contributed by atoms with Crippen LogP contribution >= 0.6 is 0 Å². The summed E-state index contributed by atoms with van der Waals surface area (Å²) in [6, 6.07) is 20.0. The first kappa shape index (κ1) is 16.0. The molecule has 0 bridgehead atoms. The number of amides is 2. The second kappa shape index (κ2) is 7.13. The maximum Gasteiger partial charge on any atom is 0.317 e. The lowest BCUT2D eigenvalue weighted by Gasteiger charge is -2.21. The van der Waals surface area contributed by atoms with Crippen LogP contribution in [-0.4, -0.2) is 23.0 Å². The Morgan fingerprint density at radius 1 is 1.08 bits per heavy atom. The number of fused-ring (bicyclic) bond motifs is 1. The fourth-order valence-electron chi connectivity index (χ4n) is 2.66. The molecular formula is C20H21N3O. The van der Waals surface area contributed by atoms with Crippen LogP contribution in [0.4, 0.5) is 4.79 Å². The minimum absolute atomic E-state index is 0.0618. The van der Waals surface area contributed by atoms with Crippen molar-refractivity contribution in [3.63, 3.8) is 0 Å². The Hall–Kier alpha value is -2.88. The molecule has 24 heavy (non-hydrogen) atoms. The van der Waals surface area contributed by atoms with Crippen LogP contribution in [0.3, 0.4) is 0 Å². The van der Waals surface area contributed by atoms with Crippen molar-refractivity contribution in [3.8, 4) is 0 Å². The van der Waals surface area contributed by atoms with Crippen LogP contribution in [0.25, 0.3) is 10.8 Å². The summed E-state index contributed by atoms with van der Waals surface area (Å²) in [5.41, 5.74) is 1.96. The number of benzene rings is 2. The van der Waals surface area contributed by atoms with Crippen molar-refractivity contribution in [2.24, 2.45) is 0 Å². The van der Waals surface area contributed by atoms with Crippen molar-refractivity contribution in [1.29, 1.82) is 0 Å². The second-order valence-electron chi connectivity index (χ2n) is 5.95. The zero-order valence-electron chi connectivity index (χ0n) is 13.9. The predicted octanol–water partition coefficient (Wildman–Crippen LogP) is 4.14. The van der Waals surface area contributed by atoms with Gasteiger partial charge in [-0.3, -0.25) is 4.98 Å². The van der Waals surface area contributed by atoms with Gasteiger partial charge in [-0.25, -0.2) is 4.79 Å². The summed E-state index contributed by atoms with van der Waals surface area (Å²) < 4.78 is 0. The molecule has 1 atom stereocenters. The number of nitrogens with one attached hydrogen (secondary N) is 1. The maximum atomic E-state index is 12.4. The number of carbonyl (C=O) groups excluding carboxylic acids is 1. The Labute approximate surface area is 142 Å². The zero-order chi connectivity index (χ0) is 16.9. The molecule has 0 spiro atoms. The van der Waals surface area contributed by atoms with Gasteiger partial charge in [0, 0.05) is 13.2 Å². The molecule has 3 rings (SSSR count). The Balaban J connectivity index is 1.66. The topological polar surface area (TPSA) is 45.2 Å². The molecule has 1 unspecified atom stereocenters. The highest BCUT2D eigenvalue weighted by Gasteiger charge is 2.14. The summed E-state index contributed by atoms with van der Waals surface area (Å²) in [5.74, 6) is 0. The van der Waals surface area contributed by atoms with Gasteiger partial charge in [0.05, 0.1) is 18.3 Å². The van der Waals surface area contributed by atoms with E-state index in [4.69, 9.17) is 0 Å². The van der Waals surface area contributed by atoms with E-state index < -0.39 is 0 Å². The molecule has 0 saturated carbocycles. The molecule has 1 N–H and O–H groups in total. The SMILES string of the molecule is CC(NC(=O)N(C)Cc1ccccn1)c1ccc2ccccc2c1. The number of hydrogen-bond donors (Lipinski definition) is 1. The van der Waals surface area contributed by atoms with Gasteiger partial charge in [-0.05, 0) is 41.5 Å². The van der Waals surface area contributed by atoms with Crippen LogP contribution in [0.15, 0.2) is 66.9 Å². The summed E-state index contributed by atoms with van der Waals surface area (Å²) in [5, 5.41) is 5.42. The zero-order valence-corrected chi connectivity index (χ0v) is 13.9. The largest absolute Gasteiger partial charge is 0.331 e. The molecule has 1 heterocycles. The molecule has 0 fully saturated rings. The van der Waals surface area contributed by atoms with Gasteiger partial charge in [0.1, 0.15) is 0 Å². The van der Waals surface area contributed by atoms with Crippen LogP contribution in [0.2, 0.25) is 0 Å². The third-order valence-electron chi connectivity index (χ3n) is 4.09. The number of urea groups is 1. The monoisotopic (exact) mass is 319 g/mol. The van der Waals surface area contributed by atoms with Gasteiger partial charge < -0.3 is 10.2 Å². The molecule has 1 aromatic heterocycles. The number of hydrogen-bond acceptors (Lipinski definition) is 2. The molecule has 2 aromatic carbocycles. The smallest absolute Gasteiger partial charge is 0.317 e. The van der Waals surface area contributed by atoms with E-state index in [1.54, 1.807) is 18.1 Å². The molecule has 0 saturated heterocycles. The van der Waals surface area contributed by atoms with E-state index in [0.717, 1.165) is 11.3 Å². The van der Waals surface area contributed by atoms with Crippen molar-refractivity contribution in [2.75, 3.05) is 7.05 Å². The minimum atomic E-state index is -0.110. The van der Waals surface area contributed by atoms with Crippen molar-refractivity contribution >= 4 is 16.8 Å². The summed E-state index contributed by atoms with van der Waals surface area (Å²) in [4.78, 5) is 18.3. The molecule has 122 valence electrons. The van der Waals surface area contributed by atoms with Crippen molar-refractivity contribution < 1.29 is 4.79 Å². The van der Waals surface area contributed by atoms with Crippen LogP contribution in [-0.2, 0) is 6.54 Å². The average Bonchev–Trinajstić information content (AvgIpc) is 2.62. The first-order valence-corrected chi connectivity index (χ1v) is 8.04. The molecule has 0 radical (unpaired) electrons. The van der Waals surface area contributed by atoms with Gasteiger partial charge in [0.15, 0.2) is 0 Å². The minimum Gasteiger partial charge on any atom is -0.331 e. The molecule has 0 aliphatic heterocycles. The number of carbonyl (C=O) groups is 1. The fraction of sp³-hybridized carbons (Fsp3) is 0.200. The highest BCUT2D eigenvalue weighted by Crippen LogP contribution is 2.20. The molecule has 2 amide bonds. The van der Waals surface area contributed by atoms with Crippen LogP contribution in [0, 0.1) is 0 Å². The van der Waals surface area contributed by atoms with E-state index in [0.29, 0.717) is 6.54 Å². The van der Waals surface area contributed by atoms with E-state index in [1.165, 1.54) is 10.8 Å². The number of rotatable bonds is 4. The first-order valence-electron chi connectivity index (χ1n) is 8.04. The highest BCUT2D eigenvalue weighted by atomic mass is 16.2. The lowest BCUT2D eigenvalue weighted by atomic mass is 10.0. The average molecular weight is 319 g/mol. The second-order valence-corrected chi connectivity index (χ2v) is 5.95. The predicted molar refractivity (Wildman–Crippen MR) is 96.6 cm³/mol. The molecule has 0 aliphatic rings. The first-order chi connectivity index (χ1) is 11.6. The molecule has 4 nitrogen and oxygen atoms in total. The summed E-state index contributed by atoms with van der Waals surface area (Å²) in [6.07, 6.45) is 1.73. The fourth-order valence-corrected chi connectivity index (χ4v) is 2.66. The van der Waals surface area contributed by atoms with Crippen LogP contribution in [0.5, 0.6) is 0 Å². The highest BCUT2D eigenvalue weighted by molar-refractivity contribution is 5.83. The van der Waals surface area contributed by atoms with E-state index in [1.807, 2.05) is 37.3 Å². The molecule has 0 aliphatic carbocycles. The number of pyridine rings is 1. The Kier molecular flexibility index (Phi) is 4.75. The van der Waals surface area contributed by atoms with E-state index in [2.05, 4.69) is 40.6 Å². The van der Waals surface area contributed by atoms with Gasteiger partial charge in [0.2, 0.25) is 0 Å². The summed E-state index contributed by atoms with van der Waals surface area (Å²) in [6.45, 7) is 2.48. The Bertz CT molecular complexity index is 832. The van der Waals surface area contributed by atoms with Crippen molar-refractivity contribution in [3.05, 3.63) is 78.1 Å². The number of nitrogens with zero attached hydrogens (tertiary/aromatic N) is 2. The van der Waals surface area contributed by atoms with E-state index in [-0.39, 0.29) is 12.1 Å².